The quantitative estimate of drug-likeness (QED) is 0.147. The van der Waals surface area contributed by atoms with Crippen LogP contribution in [0, 0.1) is 0 Å². The highest BCUT2D eigenvalue weighted by Gasteiger charge is 2.43. The van der Waals surface area contributed by atoms with Gasteiger partial charge < -0.3 is 10.2 Å². The summed E-state index contributed by atoms with van der Waals surface area (Å²) < 4.78 is 31.0. The van der Waals surface area contributed by atoms with E-state index < -0.39 is 22.0 Å². The molecule has 1 aliphatic rings. The van der Waals surface area contributed by atoms with Crippen LogP contribution in [0.5, 0.6) is 0 Å². The lowest BCUT2D eigenvalue weighted by Gasteiger charge is -2.34. The number of unbranched alkanes of at least 4 members (excludes halogenated alkanes) is 5. The number of quaternary nitrogens is 1. The number of carbonyl (C=O) groups excluding carboxylic acids is 1. The summed E-state index contributed by atoms with van der Waals surface area (Å²) in [6.07, 6.45) is 10.6. The van der Waals surface area contributed by atoms with E-state index in [0.29, 0.717) is 25.3 Å². The number of hydrogen-bond donors (Lipinski definition) is 3. The van der Waals surface area contributed by atoms with Crippen molar-refractivity contribution in [3.8, 4) is 0 Å². The summed E-state index contributed by atoms with van der Waals surface area (Å²) in [7, 11) is -4.33. The minimum Gasteiger partial charge on any atom is -0.390 e. The number of ketones is 1. The molecule has 3 N–H and O–H groups in total. The van der Waals surface area contributed by atoms with Gasteiger partial charge in [0, 0.05) is 6.42 Å². The predicted octanol–water partition coefficient (Wildman–Crippen LogP) is 1.72. The number of amidine groups is 1. The third-order valence-electron chi connectivity index (χ3n) is 5.15. The lowest BCUT2D eigenvalue weighted by molar-refractivity contribution is -0.837. The lowest BCUT2D eigenvalue weighted by Crippen LogP contribution is -2.59. The van der Waals surface area contributed by atoms with Gasteiger partial charge in [-0.3, -0.25) is 13.8 Å². The molecule has 0 spiro atoms. The lowest BCUT2D eigenvalue weighted by atomic mass is 10.1. The smallest absolute Gasteiger partial charge is 0.267 e. The third-order valence-corrected chi connectivity index (χ3v) is 5.95. The molecule has 1 heterocycles. The second-order valence-electron chi connectivity index (χ2n) is 7.74. The van der Waals surface area contributed by atoms with Crippen molar-refractivity contribution in [1.29, 1.82) is 0 Å². The average molecular weight is 434 g/mol. The third kappa shape index (κ3) is 9.95. The highest BCUT2D eigenvalue weighted by molar-refractivity contribution is 7.85. The average Bonchev–Trinajstić information content (AvgIpc) is 3.01. The number of allylic oxidation sites excluding steroid dienone is 2. The number of rotatable bonds is 16. The van der Waals surface area contributed by atoms with Crippen LogP contribution in [-0.2, 0) is 14.9 Å². The van der Waals surface area contributed by atoms with E-state index in [1.807, 2.05) is 0 Å². The second-order valence-corrected chi connectivity index (χ2v) is 9.24. The second kappa shape index (κ2) is 13.2. The van der Waals surface area contributed by atoms with Crippen LogP contribution in [0.2, 0.25) is 0 Å². The maximum atomic E-state index is 12.7. The molecule has 0 amide bonds. The molecule has 2 unspecified atom stereocenters. The first kappa shape index (κ1) is 25.9. The van der Waals surface area contributed by atoms with Crippen LogP contribution in [0.15, 0.2) is 17.1 Å². The van der Waals surface area contributed by atoms with Gasteiger partial charge in [-0.1, -0.05) is 38.3 Å². The molecular weight excluding hydrogens is 396 g/mol. The Morgan fingerprint density at radius 1 is 1.21 bits per heavy atom. The van der Waals surface area contributed by atoms with Gasteiger partial charge in [-0.25, -0.2) is 4.99 Å². The van der Waals surface area contributed by atoms with Gasteiger partial charge in [0.05, 0.1) is 13.2 Å². The van der Waals surface area contributed by atoms with Crippen molar-refractivity contribution in [3.05, 3.63) is 12.2 Å². The van der Waals surface area contributed by atoms with Gasteiger partial charge in [-0.05, 0) is 25.7 Å². The molecule has 0 saturated heterocycles. The van der Waals surface area contributed by atoms with Crippen molar-refractivity contribution >= 4 is 21.7 Å². The van der Waals surface area contributed by atoms with E-state index in [-0.39, 0.29) is 30.0 Å². The standard InChI is InChI=1S/C20H36N2O6S/c1-2-3-4-5-6-7-8-9-10-11-19(25)20-21-12-13-22(20,14-15-23)16-18(24)17-29(26,27)28/h5-6,18,23-24H,2-4,7-17H2,1H3/p+1/b6-5+. The van der Waals surface area contributed by atoms with Gasteiger partial charge in [-0.15, -0.1) is 0 Å². The molecular formula is C20H37N2O6S+. The Morgan fingerprint density at radius 3 is 2.52 bits per heavy atom. The molecule has 0 aromatic rings. The zero-order chi connectivity index (χ0) is 21.8. The number of Topliss-reactive ketones (excluding diaryl/α,β-unsaturated/α-hetero) is 1. The fourth-order valence-electron chi connectivity index (χ4n) is 3.73. The Hall–Kier alpha value is -1.13. The van der Waals surface area contributed by atoms with Crippen molar-refractivity contribution in [1.82, 2.24) is 0 Å². The molecule has 2 atom stereocenters. The van der Waals surface area contributed by atoms with Gasteiger partial charge in [0.2, 0.25) is 5.78 Å². The molecule has 0 aromatic carbocycles. The topological polar surface area (TPSA) is 124 Å². The number of aliphatic hydroxyl groups excluding tert-OH is 2. The normalized spacial score (nSPS) is 20.9. The van der Waals surface area contributed by atoms with Crippen LogP contribution in [-0.4, -0.2) is 83.9 Å². The number of carbonyl (C=O) groups is 1. The zero-order valence-corrected chi connectivity index (χ0v) is 18.3. The van der Waals surface area contributed by atoms with Crippen LogP contribution >= 0.6 is 0 Å². The molecule has 1 rings (SSSR count). The molecule has 0 saturated carbocycles. The van der Waals surface area contributed by atoms with Gasteiger partial charge >= 0.3 is 0 Å². The first-order valence-electron chi connectivity index (χ1n) is 10.6. The molecule has 0 radical (unpaired) electrons. The maximum Gasteiger partial charge on any atom is 0.267 e. The first-order chi connectivity index (χ1) is 13.7. The van der Waals surface area contributed by atoms with Crippen molar-refractivity contribution in [2.24, 2.45) is 4.99 Å². The molecule has 0 fully saturated rings. The van der Waals surface area contributed by atoms with Gasteiger partial charge in [-0.2, -0.15) is 8.42 Å². The highest BCUT2D eigenvalue weighted by atomic mass is 32.2. The molecule has 168 valence electrons. The van der Waals surface area contributed by atoms with Crippen molar-refractivity contribution in [2.45, 2.75) is 64.4 Å². The Kier molecular flexibility index (Phi) is 11.8. The maximum absolute atomic E-state index is 12.7. The number of aliphatic imine (C=N–C) groups is 1. The summed E-state index contributed by atoms with van der Waals surface area (Å²) in [5, 5.41) is 19.5. The van der Waals surface area contributed by atoms with E-state index in [2.05, 4.69) is 24.1 Å². The van der Waals surface area contributed by atoms with Crippen LogP contribution in [0.4, 0.5) is 0 Å². The fraction of sp³-hybridized carbons (Fsp3) is 0.800. The minimum atomic E-state index is -4.33. The molecule has 1 aliphatic heterocycles. The SMILES string of the molecule is CCCC/C=C/CCCCCC(=O)C1=NCC[N+]1(CCO)CC(O)CS(=O)(=O)O. The summed E-state index contributed by atoms with van der Waals surface area (Å²) >= 11 is 0. The van der Waals surface area contributed by atoms with E-state index >= 15 is 0 Å². The van der Waals surface area contributed by atoms with Crippen molar-refractivity contribution < 1.29 is 32.5 Å². The Balaban J connectivity index is 2.53. The highest BCUT2D eigenvalue weighted by Crippen LogP contribution is 2.20. The van der Waals surface area contributed by atoms with E-state index in [9.17, 15) is 23.4 Å². The van der Waals surface area contributed by atoms with Gasteiger partial charge in [0.25, 0.3) is 16.0 Å². The number of nitrogens with zero attached hydrogens (tertiary/aromatic N) is 2. The largest absolute Gasteiger partial charge is 0.390 e. The zero-order valence-electron chi connectivity index (χ0n) is 17.5. The Morgan fingerprint density at radius 2 is 1.90 bits per heavy atom. The summed E-state index contributed by atoms with van der Waals surface area (Å²) in [5.41, 5.74) is 0. The van der Waals surface area contributed by atoms with E-state index in [1.165, 1.54) is 12.8 Å². The van der Waals surface area contributed by atoms with E-state index in [1.54, 1.807) is 0 Å². The summed E-state index contributed by atoms with van der Waals surface area (Å²) in [5.74, 6) is -0.618. The molecule has 0 aromatic heterocycles. The molecule has 0 bridgehead atoms. The van der Waals surface area contributed by atoms with Crippen LogP contribution in [0.25, 0.3) is 0 Å². The number of hydrogen-bond acceptors (Lipinski definition) is 6. The summed E-state index contributed by atoms with van der Waals surface area (Å²) in [4.78, 5) is 17.0. The molecule has 8 nitrogen and oxygen atoms in total. The molecule has 29 heavy (non-hydrogen) atoms. The predicted molar refractivity (Wildman–Crippen MR) is 113 cm³/mol. The number of aliphatic hydroxyl groups is 2. The van der Waals surface area contributed by atoms with Crippen molar-refractivity contribution in [2.75, 3.05) is 38.5 Å². The fourth-order valence-corrected chi connectivity index (χ4v) is 4.32. The van der Waals surface area contributed by atoms with Gasteiger partial charge in [0.15, 0.2) is 0 Å². The first-order valence-corrected chi connectivity index (χ1v) is 12.2. The molecule has 0 aliphatic carbocycles. The van der Waals surface area contributed by atoms with Crippen molar-refractivity contribution in [3.63, 3.8) is 0 Å². The minimum absolute atomic E-state index is 0.0355. The Bertz CT molecular complexity index is 662. The van der Waals surface area contributed by atoms with E-state index in [0.717, 1.165) is 32.1 Å². The van der Waals surface area contributed by atoms with E-state index in [4.69, 9.17) is 4.55 Å². The van der Waals surface area contributed by atoms with Crippen LogP contribution in [0.1, 0.15) is 58.3 Å². The van der Waals surface area contributed by atoms with Crippen LogP contribution in [0.3, 0.4) is 0 Å². The van der Waals surface area contributed by atoms with Crippen LogP contribution < -0.4 is 0 Å². The summed E-state index contributed by atoms with van der Waals surface area (Å²) in [6.45, 7) is 2.87. The molecule has 9 heteroatoms. The Labute approximate surface area is 174 Å². The summed E-state index contributed by atoms with van der Waals surface area (Å²) in [6, 6.07) is 0. The van der Waals surface area contributed by atoms with Gasteiger partial charge in [0.1, 0.15) is 31.5 Å². The monoisotopic (exact) mass is 433 g/mol.